The molecule has 0 unspecified atom stereocenters. The Labute approximate surface area is 283 Å². The van der Waals surface area contributed by atoms with Crippen LogP contribution in [0.3, 0.4) is 0 Å². The van der Waals surface area contributed by atoms with E-state index >= 15 is 0 Å². The molecule has 11 heteroatoms. The summed E-state index contributed by atoms with van der Waals surface area (Å²) in [6.07, 6.45) is 0. The van der Waals surface area contributed by atoms with E-state index in [-0.39, 0.29) is 11.8 Å². The first kappa shape index (κ1) is 32.4. The van der Waals surface area contributed by atoms with Crippen molar-refractivity contribution in [2.75, 3.05) is 38.1 Å². The largest absolute Gasteiger partial charge is 0.494 e. The van der Waals surface area contributed by atoms with Crippen LogP contribution in [-0.4, -0.2) is 64.0 Å². The second-order valence-electron chi connectivity index (χ2n) is 11.4. The number of aryl methyl sites for hydroxylation is 2. The van der Waals surface area contributed by atoms with E-state index in [0.29, 0.717) is 64.0 Å². The molecule has 3 heterocycles. The minimum Gasteiger partial charge on any atom is -0.494 e. The molecule has 0 spiro atoms. The molecule has 9 nitrogen and oxygen atoms in total. The van der Waals surface area contributed by atoms with Gasteiger partial charge in [-0.1, -0.05) is 35.3 Å². The van der Waals surface area contributed by atoms with Gasteiger partial charge >= 0.3 is 0 Å². The number of carbonyl (C=O) groups excluding carboxylic acids is 2. The first-order chi connectivity index (χ1) is 22.7. The maximum absolute atomic E-state index is 13.6. The number of carbonyl (C=O) groups is 2. The molecule has 47 heavy (non-hydrogen) atoms. The van der Waals surface area contributed by atoms with Crippen LogP contribution in [0.5, 0.6) is 17.4 Å². The highest BCUT2D eigenvalue weighted by atomic mass is 35.5. The van der Waals surface area contributed by atoms with Crippen molar-refractivity contribution in [1.82, 2.24) is 19.4 Å². The van der Waals surface area contributed by atoms with Gasteiger partial charge in [0.15, 0.2) is 0 Å². The van der Waals surface area contributed by atoms with Crippen molar-refractivity contribution < 1.29 is 19.1 Å². The minimum atomic E-state index is -0.326. The number of fused-ring (bicyclic) bond motifs is 1. The van der Waals surface area contributed by atoms with Gasteiger partial charge in [-0.15, -0.1) is 0 Å². The third-order valence-electron chi connectivity index (χ3n) is 8.25. The predicted molar refractivity (Wildman–Crippen MR) is 185 cm³/mol. The zero-order chi connectivity index (χ0) is 33.1. The van der Waals surface area contributed by atoms with Gasteiger partial charge in [0.25, 0.3) is 11.8 Å². The van der Waals surface area contributed by atoms with Gasteiger partial charge < -0.3 is 24.3 Å². The summed E-state index contributed by atoms with van der Waals surface area (Å²) in [7, 11) is 1.91. The average molecular weight is 673 g/mol. The molecule has 242 valence electrons. The molecule has 1 aliphatic rings. The fourth-order valence-corrected chi connectivity index (χ4v) is 5.96. The highest BCUT2D eigenvalue weighted by molar-refractivity contribution is 6.42. The molecular formula is C36H35Cl2N5O4. The first-order valence-electron chi connectivity index (χ1n) is 15.4. The molecule has 1 fully saturated rings. The van der Waals surface area contributed by atoms with Gasteiger partial charge in [-0.3, -0.25) is 14.5 Å². The number of hydrogen-bond acceptors (Lipinski definition) is 6. The Balaban J connectivity index is 1.08. The Morgan fingerprint density at radius 2 is 1.62 bits per heavy atom. The number of pyridine rings is 1. The zero-order valence-corrected chi connectivity index (χ0v) is 27.9. The van der Waals surface area contributed by atoms with Crippen LogP contribution in [0.4, 0.5) is 5.69 Å². The molecule has 1 saturated heterocycles. The van der Waals surface area contributed by atoms with E-state index in [0.717, 1.165) is 36.3 Å². The van der Waals surface area contributed by atoms with Crippen molar-refractivity contribution in [3.63, 3.8) is 0 Å². The van der Waals surface area contributed by atoms with Gasteiger partial charge in [-0.25, -0.2) is 4.98 Å². The molecular weight excluding hydrogens is 637 g/mol. The number of benzene rings is 3. The molecule has 0 radical (unpaired) electrons. The molecule has 0 aliphatic carbocycles. The number of halogens is 2. The Bertz CT molecular complexity index is 1930. The summed E-state index contributed by atoms with van der Waals surface area (Å²) < 4.78 is 13.6. The first-order valence-corrected chi connectivity index (χ1v) is 16.2. The van der Waals surface area contributed by atoms with Crippen molar-refractivity contribution in [2.24, 2.45) is 7.05 Å². The lowest BCUT2D eigenvalue weighted by molar-refractivity contribution is 0.0619. The number of nitrogens with zero attached hydrogens (tertiary/aromatic N) is 4. The predicted octanol–water partition coefficient (Wildman–Crippen LogP) is 7.59. The number of aromatic nitrogens is 2. The number of rotatable bonds is 9. The molecule has 0 saturated carbocycles. The summed E-state index contributed by atoms with van der Waals surface area (Å²) in [6, 6.07) is 24.0. The fourth-order valence-electron chi connectivity index (χ4n) is 5.66. The number of piperazine rings is 1. The highest BCUT2D eigenvalue weighted by Crippen LogP contribution is 2.29. The topological polar surface area (TPSA) is 88.9 Å². The van der Waals surface area contributed by atoms with Crippen LogP contribution in [0.25, 0.3) is 10.9 Å². The number of nitrogens with one attached hydrogen (secondary N) is 1. The van der Waals surface area contributed by atoms with Crippen LogP contribution in [0.1, 0.15) is 39.0 Å². The van der Waals surface area contributed by atoms with E-state index in [4.69, 9.17) is 32.7 Å². The summed E-state index contributed by atoms with van der Waals surface area (Å²) in [5, 5.41) is 4.43. The van der Waals surface area contributed by atoms with E-state index in [1.807, 2.05) is 59.8 Å². The van der Waals surface area contributed by atoms with E-state index in [1.165, 1.54) is 11.6 Å². The van der Waals surface area contributed by atoms with Gasteiger partial charge in [0, 0.05) is 62.3 Å². The summed E-state index contributed by atoms with van der Waals surface area (Å²) in [5.74, 6) is 1.54. The molecule has 6 rings (SSSR count). The molecule has 3 aromatic carbocycles. The lowest BCUT2D eigenvalue weighted by atomic mass is 10.2. The van der Waals surface area contributed by atoms with Crippen molar-refractivity contribution in [2.45, 2.75) is 20.4 Å². The monoisotopic (exact) mass is 671 g/mol. The van der Waals surface area contributed by atoms with E-state index in [1.54, 1.807) is 31.2 Å². The standard InChI is InChI=1S/C36H35Cl2N5O4/c1-4-46-27-8-5-24(6-9-27)22-42-15-17-43(18-16-42)36(45)33-21-26-19-28(10-13-32(26)41(33)3)47-34-14-12-31(23(2)39-34)40-35(44)25-7-11-29(37)30(38)20-25/h5-14,19-21H,4,15-18,22H2,1-3H3,(H,40,44). The molecule has 2 amide bonds. The fraction of sp³-hybridized carbons (Fsp3) is 0.250. The highest BCUT2D eigenvalue weighted by Gasteiger charge is 2.25. The van der Waals surface area contributed by atoms with Crippen LogP contribution in [0.2, 0.25) is 10.0 Å². The molecule has 5 aromatic rings. The third-order valence-corrected chi connectivity index (χ3v) is 8.98. The lowest BCUT2D eigenvalue weighted by Crippen LogP contribution is -2.48. The summed E-state index contributed by atoms with van der Waals surface area (Å²) in [4.78, 5) is 35.1. The van der Waals surface area contributed by atoms with Gasteiger partial charge in [-0.2, -0.15) is 0 Å². The second-order valence-corrected chi connectivity index (χ2v) is 12.2. The Morgan fingerprint density at radius 1 is 0.872 bits per heavy atom. The van der Waals surface area contributed by atoms with Crippen LogP contribution >= 0.6 is 23.2 Å². The molecule has 2 aromatic heterocycles. The van der Waals surface area contributed by atoms with Crippen molar-refractivity contribution >= 4 is 51.6 Å². The van der Waals surface area contributed by atoms with Crippen molar-refractivity contribution in [1.29, 1.82) is 0 Å². The quantitative estimate of drug-likeness (QED) is 0.174. The molecule has 0 atom stereocenters. The van der Waals surface area contributed by atoms with Crippen LogP contribution in [0.15, 0.2) is 78.9 Å². The van der Waals surface area contributed by atoms with Crippen LogP contribution in [0, 0.1) is 6.92 Å². The SMILES string of the molecule is CCOc1ccc(CN2CCN(C(=O)c3cc4cc(Oc5ccc(NC(=O)c6ccc(Cl)c(Cl)c6)c(C)n5)ccc4n3C)CC2)cc1. The smallest absolute Gasteiger partial charge is 0.270 e. The zero-order valence-electron chi connectivity index (χ0n) is 26.4. The molecule has 1 aliphatic heterocycles. The number of amides is 2. The number of ether oxygens (including phenoxy) is 2. The Morgan fingerprint density at radius 3 is 2.32 bits per heavy atom. The molecule has 1 N–H and O–H groups in total. The van der Waals surface area contributed by atoms with Gasteiger partial charge in [0.1, 0.15) is 17.2 Å². The van der Waals surface area contributed by atoms with Gasteiger partial charge in [0.05, 0.1) is 28.0 Å². The maximum atomic E-state index is 13.6. The van der Waals surface area contributed by atoms with Crippen molar-refractivity contribution in [3.05, 3.63) is 111 Å². The number of anilines is 1. The second kappa shape index (κ2) is 14.0. The normalized spacial score (nSPS) is 13.5. The van der Waals surface area contributed by atoms with Crippen LogP contribution in [-0.2, 0) is 13.6 Å². The van der Waals surface area contributed by atoms with Crippen LogP contribution < -0.4 is 14.8 Å². The summed E-state index contributed by atoms with van der Waals surface area (Å²) >= 11 is 12.0. The molecule has 0 bridgehead atoms. The summed E-state index contributed by atoms with van der Waals surface area (Å²) in [5.41, 5.74) is 4.31. The lowest BCUT2D eigenvalue weighted by Gasteiger charge is -2.34. The van der Waals surface area contributed by atoms with E-state index in [9.17, 15) is 9.59 Å². The Kier molecular flexibility index (Phi) is 9.68. The summed E-state index contributed by atoms with van der Waals surface area (Å²) in [6.45, 7) is 8.22. The maximum Gasteiger partial charge on any atom is 0.270 e. The third kappa shape index (κ3) is 7.38. The number of hydrogen-bond donors (Lipinski definition) is 1. The average Bonchev–Trinajstić information content (AvgIpc) is 3.40. The van der Waals surface area contributed by atoms with E-state index < -0.39 is 0 Å². The van der Waals surface area contributed by atoms with E-state index in [2.05, 4.69) is 27.3 Å². The van der Waals surface area contributed by atoms with Gasteiger partial charge in [-0.05, 0) is 80.1 Å². The van der Waals surface area contributed by atoms with Gasteiger partial charge in [0.2, 0.25) is 5.88 Å². The Hall–Kier alpha value is -4.57. The van der Waals surface area contributed by atoms with Crippen molar-refractivity contribution in [3.8, 4) is 17.4 Å². The minimum absolute atomic E-state index is 0.0164.